The van der Waals surface area contributed by atoms with E-state index in [1.807, 2.05) is 0 Å². The summed E-state index contributed by atoms with van der Waals surface area (Å²) in [5, 5.41) is 3.52. The van der Waals surface area contributed by atoms with Gasteiger partial charge in [-0.25, -0.2) is 0 Å². The number of likely N-dealkylation sites (tertiary alicyclic amines) is 1. The molecule has 1 fully saturated rings. The van der Waals surface area contributed by atoms with E-state index >= 15 is 0 Å². The summed E-state index contributed by atoms with van der Waals surface area (Å²) in [5.74, 6) is 0.948. The topological polar surface area (TPSA) is 15.3 Å². The number of benzene rings is 1. The molecule has 1 heterocycles. The summed E-state index contributed by atoms with van der Waals surface area (Å²) in [7, 11) is 2.09. The Morgan fingerprint density at radius 1 is 1.14 bits per heavy atom. The molecule has 21 heavy (non-hydrogen) atoms. The molecule has 0 bridgehead atoms. The van der Waals surface area contributed by atoms with Crippen molar-refractivity contribution in [1.29, 1.82) is 0 Å². The molecular formula is C19H32N2. The summed E-state index contributed by atoms with van der Waals surface area (Å²) in [6.07, 6.45) is 5.50. The molecule has 2 unspecified atom stereocenters. The molecule has 0 amide bonds. The normalized spacial score (nSPS) is 22.0. The summed E-state index contributed by atoms with van der Waals surface area (Å²) in [4.78, 5) is 2.66. The Morgan fingerprint density at radius 3 is 2.48 bits per heavy atom. The van der Waals surface area contributed by atoms with E-state index in [0.29, 0.717) is 6.04 Å². The second-order valence-electron chi connectivity index (χ2n) is 6.77. The smallest absolute Gasteiger partial charge is 0.0447 e. The van der Waals surface area contributed by atoms with Gasteiger partial charge in [-0.3, -0.25) is 0 Å². The standard InChI is InChI=1S/C19H32N2/c1-5-17-7-6-9-21(10-8-17)14-19(20-4)18-12-15(2)11-16(3)13-18/h11-13,17,19-20H,5-10,14H2,1-4H3. The van der Waals surface area contributed by atoms with Crippen LogP contribution < -0.4 is 5.32 Å². The van der Waals surface area contributed by atoms with Crippen molar-refractivity contribution in [3.8, 4) is 0 Å². The van der Waals surface area contributed by atoms with Gasteiger partial charge in [0.15, 0.2) is 0 Å². The quantitative estimate of drug-likeness (QED) is 0.878. The summed E-state index contributed by atoms with van der Waals surface area (Å²) >= 11 is 0. The number of hydrogen-bond donors (Lipinski definition) is 1. The zero-order valence-corrected chi connectivity index (χ0v) is 14.3. The molecule has 0 spiro atoms. The lowest BCUT2D eigenvalue weighted by atomic mass is 9.98. The lowest BCUT2D eigenvalue weighted by molar-refractivity contribution is 0.252. The van der Waals surface area contributed by atoms with Crippen molar-refractivity contribution >= 4 is 0 Å². The van der Waals surface area contributed by atoms with E-state index in [1.165, 1.54) is 55.5 Å². The molecule has 1 aromatic rings. The lowest BCUT2D eigenvalue weighted by Crippen LogP contribution is -2.34. The van der Waals surface area contributed by atoms with Gasteiger partial charge in [0.05, 0.1) is 0 Å². The second kappa shape index (κ2) is 7.95. The first kappa shape index (κ1) is 16.5. The highest BCUT2D eigenvalue weighted by Crippen LogP contribution is 2.23. The lowest BCUT2D eigenvalue weighted by Gasteiger charge is -2.27. The first-order valence-corrected chi connectivity index (χ1v) is 8.60. The number of likely N-dealkylation sites (N-methyl/N-ethyl adjacent to an activating group) is 1. The first-order chi connectivity index (χ1) is 10.1. The van der Waals surface area contributed by atoms with Gasteiger partial charge in [0.2, 0.25) is 0 Å². The van der Waals surface area contributed by atoms with Crippen LogP contribution in [-0.4, -0.2) is 31.6 Å². The molecular weight excluding hydrogens is 256 g/mol. The van der Waals surface area contributed by atoms with E-state index < -0.39 is 0 Å². The minimum atomic E-state index is 0.446. The first-order valence-electron chi connectivity index (χ1n) is 8.60. The minimum absolute atomic E-state index is 0.446. The van der Waals surface area contributed by atoms with Crippen molar-refractivity contribution in [2.75, 3.05) is 26.7 Å². The molecule has 2 rings (SSSR count). The summed E-state index contributed by atoms with van der Waals surface area (Å²) in [5.41, 5.74) is 4.17. The van der Waals surface area contributed by atoms with Crippen molar-refractivity contribution in [2.24, 2.45) is 5.92 Å². The molecule has 0 saturated carbocycles. The third kappa shape index (κ3) is 4.82. The fourth-order valence-corrected chi connectivity index (χ4v) is 3.65. The van der Waals surface area contributed by atoms with Gasteiger partial charge in [-0.15, -0.1) is 0 Å². The van der Waals surface area contributed by atoms with Crippen LogP contribution in [0, 0.1) is 19.8 Å². The average molecular weight is 288 g/mol. The van der Waals surface area contributed by atoms with Gasteiger partial charge >= 0.3 is 0 Å². The highest BCUT2D eigenvalue weighted by Gasteiger charge is 2.19. The summed E-state index contributed by atoms with van der Waals surface area (Å²) < 4.78 is 0. The Balaban J connectivity index is 2.01. The van der Waals surface area contributed by atoms with Crippen molar-refractivity contribution in [3.05, 3.63) is 34.9 Å². The van der Waals surface area contributed by atoms with Crippen molar-refractivity contribution in [3.63, 3.8) is 0 Å². The van der Waals surface area contributed by atoms with Crippen LogP contribution in [0.5, 0.6) is 0 Å². The number of aryl methyl sites for hydroxylation is 2. The molecule has 0 aliphatic carbocycles. The van der Waals surface area contributed by atoms with Gasteiger partial charge in [0.1, 0.15) is 0 Å². The molecule has 1 N–H and O–H groups in total. The van der Waals surface area contributed by atoms with Gasteiger partial charge in [-0.2, -0.15) is 0 Å². The van der Waals surface area contributed by atoms with E-state index in [0.717, 1.165) is 12.5 Å². The second-order valence-corrected chi connectivity index (χ2v) is 6.77. The monoisotopic (exact) mass is 288 g/mol. The summed E-state index contributed by atoms with van der Waals surface area (Å²) in [6, 6.07) is 7.37. The highest BCUT2D eigenvalue weighted by atomic mass is 15.1. The molecule has 1 aliphatic heterocycles. The predicted molar refractivity (Wildman–Crippen MR) is 91.8 cm³/mol. The summed E-state index contributed by atoms with van der Waals surface area (Å²) in [6.45, 7) is 10.4. The maximum absolute atomic E-state index is 3.52. The largest absolute Gasteiger partial charge is 0.312 e. The van der Waals surface area contributed by atoms with Crippen LogP contribution in [0.15, 0.2) is 18.2 Å². The van der Waals surface area contributed by atoms with Crippen LogP contribution in [0.4, 0.5) is 0 Å². The van der Waals surface area contributed by atoms with E-state index in [-0.39, 0.29) is 0 Å². The van der Waals surface area contributed by atoms with Crippen LogP contribution >= 0.6 is 0 Å². The fourth-order valence-electron chi connectivity index (χ4n) is 3.65. The SMILES string of the molecule is CCC1CCCN(CC(NC)c2cc(C)cc(C)c2)CC1. The molecule has 0 aromatic heterocycles. The Hall–Kier alpha value is -0.860. The highest BCUT2D eigenvalue weighted by molar-refractivity contribution is 5.30. The number of nitrogens with one attached hydrogen (secondary N) is 1. The Labute approximate surface area is 130 Å². The Kier molecular flexibility index (Phi) is 6.25. The molecule has 1 aliphatic rings. The minimum Gasteiger partial charge on any atom is -0.312 e. The zero-order valence-electron chi connectivity index (χ0n) is 14.3. The predicted octanol–water partition coefficient (Wildman–Crippen LogP) is 4.08. The molecule has 1 saturated heterocycles. The van der Waals surface area contributed by atoms with Gasteiger partial charge in [0.25, 0.3) is 0 Å². The van der Waals surface area contributed by atoms with Crippen molar-refractivity contribution < 1.29 is 0 Å². The van der Waals surface area contributed by atoms with Crippen LogP contribution in [-0.2, 0) is 0 Å². The average Bonchev–Trinajstić information content (AvgIpc) is 2.68. The van der Waals surface area contributed by atoms with E-state index in [9.17, 15) is 0 Å². The van der Waals surface area contributed by atoms with Gasteiger partial charge in [-0.1, -0.05) is 42.7 Å². The third-order valence-corrected chi connectivity index (χ3v) is 4.95. The number of hydrogen-bond acceptors (Lipinski definition) is 2. The van der Waals surface area contributed by atoms with E-state index in [2.05, 4.69) is 56.2 Å². The zero-order chi connectivity index (χ0) is 15.2. The van der Waals surface area contributed by atoms with Crippen molar-refractivity contribution in [2.45, 2.75) is 52.5 Å². The van der Waals surface area contributed by atoms with Crippen LogP contribution in [0.3, 0.4) is 0 Å². The fraction of sp³-hybridized carbons (Fsp3) is 0.684. The number of nitrogens with zero attached hydrogens (tertiary/aromatic N) is 1. The molecule has 2 heteroatoms. The van der Waals surface area contributed by atoms with E-state index in [4.69, 9.17) is 0 Å². The Morgan fingerprint density at radius 2 is 1.86 bits per heavy atom. The van der Waals surface area contributed by atoms with Gasteiger partial charge < -0.3 is 10.2 Å². The van der Waals surface area contributed by atoms with Crippen LogP contribution in [0.2, 0.25) is 0 Å². The van der Waals surface area contributed by atoms with Crippen molar-refractivity contribution in [1.82, 2.24) is 10.2 Å². The molecule has 0 radical (unpaired) electrons. The third-order valence-electron chi connectivity index (χ3n) is 4.95. The van der Waals surface area contributed by atoms with Gasteiger partial charge in [0, 0.05) is 12.6 Å². The van der Waals surface area contributed by atoms with Crippen LogP contribution in [0.25, 0.3) is 0 Å². The number of rotatable bonds is 5. The molecule has 2 atom stereocenters. The van der Waals surface area contributed by atoms with E-state index in [1.54, 1.807) is 0 Å². The maximum Gasteiger partial charge on any atom is 0.0447 e. The molecule has 2 nitrogen and oxygen atoms in total. The van der Waals surface area contributed by atoms with Gasteiger partial charge in [-0.05, 0) is 64.7 Å². The molecule has 118 valence electrons. The maximum atomic E-state index is 3.52. The van der Waals surface area contributed by atoms with Crippen LogP contribution in [0.1, 0.15) is 55.3 Å². The molecule has 1 aromatic carbocycles. The Bertz CT molecular complexity index is 421.